The molecule has 6 aromatic rings. The van der Waals surface area contributed by atoms with E-state index in [2.05, 4.69) is 59.4 Å². The van der Waals surface area contributed by atoms with Crippen molar-refractivity contribution in [2.45, 2.75) is 32.9 Å². The Balaban J connectivity index is 1.20. The quantitative estimate of drug-likeness (QED) is 0.224. The highest BCUT2D eigenvalue weighted by molar-refractivity contribution is 5.91. The largest absolute Gasteiger partial charge is 0.435 e. The Hall–Kier alpha value is -5.10. The number of aliphatic hydroxyl groups excluding tert-OH is 1. The first-order valence-electron chi connectivity index (χ1n) is 14.4. The molecule has 0 radical (unpaired) electrons. The van der Waals surface area contributed by atoms with Gasteiger partial charge in [-0.1, -0.05) is 30.3 Å². The monoisotopic (exact) mass is 566 g/mol. The van der Waals surface area contributed by atoms with Crippen LogP contribution in [0.3, 0.4) is 0 Å². The molecule has 0 bridgehead atoms. The Labute approximate surface area is 249 Å². The van der Waals surface area contributed by atoms with Gasteiger partial charge in [-0.15, -0.1) is 0 Å². The summed E-state index contributed by atoms with van der Waals surface area (Å²) >= 11 is 0. The Kier molecular flexibility index (Phi) is 6.82. The molecule has 0 aliphatic carbocycles. The van der Waals surface area contributed by atoms with Crippen LogP contribution in [0.5, 0.6) is 0 Å². The molecular formula is C35H30N6O2. The fourth-order valence-corrected chi connectivity index (χ4v) is 6.00. The number of nitrogens with one attached hydrogen (secondary N) is 1. The normalized spacial score (nSPS) is 15.3. The summed E-state index contributed by atoms with van der Waals surface area (Å²) < 4.78 is 6.10. The third-order valence-corrected chi connectivity index (χ3v) is 8.29. The molecule has 1 aliphatic heterocycles. The highest BCUT2D eigenvalue weighted by atomic mass is 16.3. The zero-order valence-electron chi connectivity index (χ0n) is 24.0. The summed E-state index contributed by atoms with van der Waals surface area (Å²) in [5.41, 5.74) is 9.67. The molecule has 0 unspecified atom stereocenters. The Morgan fingerprint density at radius 3 is 2.60 bits per heavy atom. The van der Waals surface area contributed by atoms with Gasteiger partial charge in [-0.3, -0.25) is 9.88 Å². The minimum Gasteiger partial charge on any atom is -0.435 e. The molecule has 3 aromatic heterocycles. The highest BCUT2D eigenvalue weighted by Gasteiger charge is 2.21. The number of benzene rings is 3. The number of hydrogen-bond donors (Lipinski definition) is 2. The number of rotatable bonds is 6. The number of nitrogens with zero attached hydrogens (tertiary/aromatic N) is 5. The number of anilines is 2. The molecule has 8 nitrogen and oxygen atoms in total. The Morgan fingerprint density at radius 2 is 1.79 bits per heavy atom. The van der Waals surface area contributed by atoms with Gasteiger partial charge >= 0.3 is 0 Å². The molecule has 8 heteroatoms. The van der Waals surface area contributed by atoms with E-state index in [0.717, 1.165) is 69.5 Å². The van der Waals surface area contributed by atoms with Crippen molar-refractivity contribution in [2.75, 3.05) is 18.4 Å². The number of oxazole rings is 1. The number of nitriles is 1. The second-order valence-corrected chi connectivity index (χ2v) is 11.1. The average molecular weight is 567 g/mol. The van der Waals surface area contributed by atoms with Gasteiger partial charge in [0.2, 0.25) is 5.89 Å². The third-order valence-electron chi connectivity index (χ3n) is 8.29. The SMILES string of the molecule is Cc1c(Nc2nccc3cc(CN4CC[C@@H](O)C4)cnc23)cccc1-c1cccc(-c2nc3cccc(C#N)c3o2)c1C. The molecule has 1 atom stereocenters. The van der Waals surface area contributed by atoms with Crippen LogP contribution in [0.15, 0.2) is 83.5 Å². The van der Waals surface area contributed by atoms with Gasteiger partial charge in [-0.05, 0) is 84.5 Å². The molecule has 0 spiro atoms. The van der Waals surface area contributed by atoms with Crippen molar-refractivity contribution in [2.24, 2.45) is 0 Å². The van der Waals surface area contributed by atoms with Gasteiger partial charge in [0.1, 0.15) is 17.1 Å². The number of fused-ring (bicyclic) bond motifs is 2. The van der Waals surface area contributed by atoms with Gasteiger partial charge in [0, 0.05) is 48.7 Å². The van der Waals surface area contributed by atoms with Crippen LogP contribution in [0, 0.1) is 25.2 Å². The lowest BCUT2D eigenvalue weighted by molar-refractivity contribution is 0.175. The summed E-state index contributed by atoms with van der Waals surface area (Å²) in [5.74, 6) is 1.20. The number of hydrogen-bond acceptors (Lipinski definition) is 8. The minimum absolute atomic E-state index is 0.238. The van der Waals surface area contributed by atoms with Crippen molar-refractivity contribution >= 4 is 33.5 Å². The van der Waals surface area contributed by atoms with E-state index >= 15 is 0 Å². The summed E-state index contributed by atoms with van der Waals surface area (Å²) in [6, 6.07) is 24.1. The van der Waals surface area contributed by atoms with E-state index < -0.39 is 0 Å². The molecule has 2 N–H and O–H groups in total. The maximum absolute atomic E-state index is 9.88. The third kappa shape index (κ3) is 4.99. The second kappa shape index (κ2) is 11.0. The van der Waals surface area contributed by atoms with Crippen LogP contribution in [0.1, 0.15) is 28.7 Å². The Morgan fingerprint density at radius 1 is 1.00 bits per heavy atom. The Bertz CT molecular complexity index is 2040. The predicted octanol–water partition coefficient (Wildman–Crippen LogP) is 6.90. The summed E-state index contributed by atoms with van der Waals surface area (Å²) in [6.07, 6.45) is 4.30. The summed E-state index contributed by atoms with van der Waals surface area (Å²) in [6.45, 7) is 6.55. The van der Waals surface area contributed by atoms with Gasteiger partial charge in [-0.2, -0.15) is 5.26 Å². The van der Waals surface area contributed by atoms with Gasteiger partial charge in [0.15, 0.2) is 11.4 Å². The van der Waals surface area contributed by atoms with Crippen molar-refractivity contribution < 1.29 is 9.52 Å². The molecule has 1 aliphatic rings. The van der Waals surface area contributed by atoms with Crippen LogP contribution in [0.25, 0.3) is 44.6 Å². The molecule has 3 aromatic carbocycles. The summed E-state index contributed by atoms with van der Waals surface area (Å²) in [5, 5.41) is 23.9. The lowest BCUT2D eigenvalue weighted by Crippen LogP contribution is -2.21. The van der Waals surface area contributed by atoms with Crippen LogP contribution in [0.2, 0.25) is 0 Å². The van der Waals surface area contributed by atoms with E-state index in [9.17, 15) is 10.4 Å². The number of β-amino-alcohol motifs (C(OH)–C–C–N with tert-alkyl or cyclic N) is 1. The van der Waals surface area contributed by atoms with E-state index in [1.165, 1.54) is 0 Å². The first-order valence-corrected chi connectivity index (χ1v) is 14.4. The smallest absolute Gasteiger partial charge is 0.227 e. The van der Waals surface area contributed by atoms with Crippen LogP contribution in [-0.4, -0.2) is 44.2 Å². The predicted molar refractivity (Wildman–Crippen MR) is 168 cm³/mol. The number of aromatic nitrogens is 3. The summed E-state index contributed by atoms with van der Waals surface area (Å²) in [7, 11) is 0. The molecule has 212 valence electrons. The summed E-state index contributed by atoms with van der Waals surface area (Å²) in [4.78, 5) is 16.4. The first-order chi connectivity index (χ1) is 21.0. The number of likely N-dealkylation sites (tertiary alicyclic amines) is 1. The topological polar surface area (TPSA) is 111 Å². The fourth-order valence-electron chi connectivity index (χ4n) is 6.00. The molecule has 43 heavy (non-hydrogen) atoms. The van der Waals surface area contributed by atoms with Crippen molar-refractivity contribution in [3.8, 4) is 28.7 Å². The number of aliphatic hydroxyl groups is 1. The standard InChI is InChI=1S/C35H30N6O2/c1-21-27(7-4-9-29(21)35-40-31-11-3-6-25(17-36)33(31)43-35)28-8-5-10-30(22(28)2)39-34-32-24(12-14-37-34)16-23(18-38-32)19-41-15-13-26(42)20-41/h3-12,14,16,18,26,42H,13,15,19-20H2,1-2H3,(H,37,39)/t26-/m1/s1. The van der Waals surface area contributed by atoms with E-state index in [4.69, 9.17) is 14.4 Å². The average Bonchev–Trinajstić information content (AvgIpc) is 3.64. The molecular weight excluding hydrogens is 536 g/mol. The number of para-hydroxylation sites is 1. The van der Waals surface area contributed by atoms with Crippen LogP contribution in [0.4, 0.5) is 11.5 Å². The molecule has 1 saturated heterocycles. The molecule has 0 amide bonds. The van der Waals surface area contributed by atoms with Gasteiger partial charge in [0.05, 0.1) is 11.7 Å². The van der Waals surface area contributed by atoms with Crippen molar-refractivity contribution in [3.05, 3.63) is 101 Å². The highest BCUT2D eigenvalue weighted by Crippen LogP contribution is 2.37. The number of pyridine rings is 2. The minimum atomic E-state index is -0.238. The van der Waals surface area contributed by atoms with Gasteiger partial charge in [-0.25, -0.2) is 9.97 Å². The van der Waals surface area contributed by atoms with E-state index in [-0.39, 0.29) is 6.10 Å². The first kappa shape index (κ1) is 26.8. The van der Waals surface area contributed by atoms with E-state index in [1.807, 2.05) is 42.6 Å². The van der Waals surface area contributed by atoms with Crippen molar-refractivity contribution in [3.63, 3.8) is 0 Å². The van der Waals surface area contributed by atoms with E-state index in [0.29, 0.717) is 34.9 Å². The lowest BCUT2D eigenvalue weighted by Gasteiger charge is -2.17. The second-order valence-electron chi connectivity index (χ2n) is 11.1. The molecule has 7 rings (SSSR count). The molecule has 4 heterocycles. The van der Waals surface area contributed by atoms with Crippen LogP contribution < -0.4 is 5.32 Å². The zero-order valence-corrected chi connectivity index (χ0v) is 24.0. The molecule has 0 saturated carbocycles. The zero-order chi connectivity index (χ0) is 29.5. The van der Waals surface area contributed by atoms with Crippen molar-refractivity contribution in [1.82, 2.24) is 19.9 Å². The maximum Gasteiger partial charge on any atom is 0.227 e. The lowest BCUT2D eigenvalue weighted by atomic mass is 9.93. The van der Waals surface area contributed by atoms with Gasteiger partial charge in [0.25, 0.3) is 0 Å². The maximum atomic E-state index is 9.88. The van der Waals surface area contributed by atoms with Gasteiger partial charge < -0.3 is 14.8 Å². The molecule has 1 fully saturated rings. The van der Waals surface area contributed by atoms with E-state index in [1.54, 1.807) is 12.3 Å². The van der Waals surface area contributed by atoms with Crippen LogP contribution >= 0.6 is 0 Å². The van der Waals surface area contributed by atoms with Crippen molar-refractivity contribution in [1.29, 1.82) is 5.26 Å². The van der Waals surface area contributed by atoms with Crippen LogP contribution in [-0.2, 0) is 6.54 Å². The fraction of sp³-hybridized carbons (Fsp3) is 0.200.